The second-order valence-electron chi connectivity index (χ2n) is 5.62. The molecule has 0 unspecified atom stereocenters. The summed E-state index contributed by atoms with van der Waals surface area (Å²) in [6.07, 6.45) is 4.47. The van der Waals surface area contributed by atoms with E-state index in [2.05, 4.69) is 5.32 Å². The molecular weight excluding hydrogens is 300 g/mol. The van der Waals surface area contributed by atoms with Gasteiger partial charge in [-0.15, -0.1) is 0 Å². The van der Waals surface area contributed by atoms with E-state index in [1.165, 1.54) is 0 Å². The number of nitrogens with one attached hydrogen (secondary N) is 1. The maximum absolute atomic E-state index is 12.2. The third-order valence-electron chi connectivity index (χ3n) is 3.89. The molecule has 1 amide bonds. The van der Waals surface area contributed by atoms with Gasteiger partial charge >= 0.3 is 0 Å². The van der Waals surface area contributed by atoms with Crippen LogP contribution in [0.1, 0.15) is 16.8 Å². The van der Waals surface area contributed by atoms with Gasteiger partial charge in [-0.25, -0.2) is 8.42 Å². The fraction of sp³-hybridized carbons (Fsp3) is 0.312. The molecule has 5 nitrogen and oxygen atoms in total. The number of rotatable bonds is 4. The van der Waals surface area contributed by atoms with E-state index in [1.807, 2.05) is 47.3 Å². The maximum atomic E-state index is 12.2. The number of carbonyl (C=O) groups is 1. The summed E-state index contributed by atoms with van der Waals surface area (Å²) in [5.41, 5.74) is 1.49. The third-order valence-corrected chi connectivity index (χ3v) is 5.73. The number of aromatic nitrogens is 1. The van der Waals surface area contributed by atoms with E-state index in [1.54, 1.807) is 6.07 Å². The lowest BCUT2D eigenvalue weighted by Crippen LogP contribution is -2.29. The Bertz CT molecular complexity index is 766. The van der Waals surface area contributed by atoms with Crippen LogP contribution in [0.3, 0.4) is 0 Å². The van der Waals surface area contributed by atoms with Crippen molar-refractivity contribution in [3.63, 3.8) is 0 Å². The van der Waals surface area contributed by atoms with Crippen molar-refractivity contribution in [2.45, 2.75) is 6.42 Å². The van der Waals surface area contributed by atoms with Gasteiger partial charge in [-0.05, 0) is 42.7 Å². The van der Waals surface area contributed by atoms with Crippen molar-refractivity contribution in [2.75, 3.05) is 18.1 Å². The average molecular weight is 318 g/mol. The molecule has 1 aliphatic rings. The quantitative estimate of drug-likeness (QED) is 0.932. The first kappa shape index (κ1) is 14.8. The molecule has 1 N–H and O–H groups in total. The van der Waals surface area contributed by atoms with Crippen LogP contribution in [0.2, 0.25) is 0 Å². The van der Waals surface area contributed by atoms with Gasteiger partial charge in [0.1, 0.15) is 0 Å². The smallest absolute Gasteiger partial charge is 0.251 e. The summed E-state index contributed by atoms with van der Waals surface area (Å²) in [6.45, 7) is 0.409. The molecule has 3 rings (SSSR count). The SMILES string of the molecule is O=C(NC[C@@H]1CCS(=O)(=O)C1)c1cccc(-n2cccc2)c1. The Morgan fingerprint density at radius 2 is 2.00 bits per heavy atom. The van der Waals surface area contributed by atoms with Crippen molar-refractivity contribution in [1.82, 2.24) is 9.88 Å². The predicted molar refractivity (Wildman–Crippen MR) is 84.9 cm³/mol. The number of carbonyl (C=O) groups excluding carboxylic acids is 1. The number of hydrogen-bond acceptors (Lipinski definition) is 3. The van der Waals surface area contributed by atoms with E-state index < -0.39 is 9.84 Å². The second kappa shape index (κ2) is 5.96. The molecule has 1 aromatic heterocycles. The van der Waals surface area contributed by atoms with Crippen LogP contribution >= 0.6 is 0 Å². The Hall–Kier alpha value is -2.08. The van der Waals surface area contributed by atoms with Crippen molar-refractivity contribution >= 4 is 15.7 Å². The highest BCUT2D eigenvalue weighted by atomic mass is 32.2. The standard InChI is InChI=1S/C16H18N2O3S/c19-16(17-11-13-6-9-22(20,21)12-13)14-4-3-5-15(10-14)18-7-1-2-8-18/h1-5,7-8,10,13H,6,9,11-12H2,(H,17,19)/t13-/m0/s1. The van der Waals surface area contributed by atoms with Gasteiger partial charge in [0.25, 0.3) is 5.91 Å². The van der Waals surface area contributed by atoms with Crippen LogP contribution in [0, 0.1) is 5.92 Å². The van der Waals surface area contributed by atoms with Crippen LogP contribution in [0.4, 0.5) is 0 Å². The number of hydrogen-bond donors (Lipinski definition) is 1. The van der Waals surface area contributed by atoms with E-state index in [0.717, 1.165) is 5.69 Å². The van der Waals surface area contributed by atoms with Gasteiger partial charge in [0, 0.05) is 30.2 Å². The highest BCUT2D eigenvalue weighted by Gasteiger charge is 2.27. The second-order valence-corrected chi connectivity index (χ2v) is 7.85. The van der Waals surface area contributed by atoms with Crippen LogP contribution in [0.25, 0.3) is 5.69 Å². The molecule has 0 saturated carbocycles. The molecule has 22 heavy (non-hydrogen) atoms. The molecule has 1 atom stereocenters. The van der Waals surface area contributed by atoms with Crippen molar-refractivity contribution < 1.29 is 13.2 Å². The zero-order valence-corrected chi connectivity index (χ0v) is 12.9. The lowest BCUT2D eigenvalue weighted by molar-refractivity contribution is 0.0948. The predicted octanol–water partition coefficient (Wildman–Crippen LogP) is 1.64. The molecule has 1 fully saturated rings. The summed E-state index contributed by atoms with van der Waals surface area (Å²) in [7, 11) is -2.90. The largest absolute Gasteiger partial charge is 0.352 e. The molecule has 0 radical (unpaired) electrons. The summed E-state index contributed by atoms with van der Waals surface area (Å²) in [6, 6.07) is 11.2. The van der Waals surface area contributed by atoms with Gasteiger partial charge in [0.2, 0.25) is 0 Å². The third kappa shape index (κ3) is 3.39. The van der Waals surface area contributed by atoms with Crippen molar-refractivity contribution in [3.05, 3.63) is 54.4 Å². The van der Waals surface area contributed by atoms with Gasteiger partial charge in [-0.3, -0.25) is 4.79 Å². The Morgan fingerprint density at radius 1 is 1.23 bits per heavy atom. The first-order valence-corrected chi connectivity index (χ1v) is 9.08. The summed E-state index contributed by atoms with van der Waals surface area (Å²) in [5, 5.41) is 2.84. The molecule has 2 heterocycles. The van der Waals surface area contributed by atoms with Gasteiger partial charge < -0.3 is 9.88 Å². The molecule has 1 saturated heterocycles. The topological polar surface area (TPSA) is 68.2 Å². The minimum Gasteiger partial charge on any atom is -0.352 e. The van der Waals surface area contributed by atoms with E-state index in [4.69, 9.17) is 0 Å². The Morgan fingerprint density at radius 3 is 2.68 bits per heavy atom. The van der Waals surface area contributed by atoms with Crippen LogP contribution in [0.15, 0.2) is 48.8 Å². The van der Waals surface area contributed by atoms with Crippen molar-refractivity contribution in [2.24, 2.45) is 5.92 Å². The lowest BCUT2D eigenvalue weighted by Gasteiger charge is -2.10. The van der Waals surface area contributed by atoms with Crippen LogP contribution < -0.4 is 5.32 Å². The summed E-state index contributed by atoms with van der Waals surface area (Å²) in [5.74, 6) is 0.271. The first-order valence-electron chi connectivity index (χ1n) is 7.25. The Labute approximate surface area is 129 Å². The highest BCUT2D eigenvalue weighted by molar-refractivity contribution is 7.91. The van der Waals surface area contributed by atoms with Crippen LogP contribution in [-0.4, -0.2) is 36.9 Å². The fourth-order valence-electron chi connectivity index (χ4n) is 2.69. The normalized spacial score (nSPS) is 19.9. The fourth-order valence-corrected chi connectivity index (χ4v) is 4.55. The molecule has 1 aromatic carbocycles. The molecular formula is C16H18N2O3S. The minimum atomic E-state index is -2.90. The lowest BCUT2D eigenvalue weighted by atomic mass is 10.1. The van der Waals surface area contributed by atoms with Gasteiger partial charge in [-0.1, -0.05) is 6.07 Å². The van der Waals surface area contributed by atoms with E-state index in [0.29, 0.717) is 18.5 Å². The molecule has 0 bridgehead atoms. The summed E-state index contributed by atoms with van der Waals surface area (Å²) >= 11 is 0. The van der Waals surface area contributed by atoms with Gasteiger partial charge in [-0.2, -0.15) is 0 Å². The molecule has 0 aliphatic carbocycles. The van der Waals surface area contributed by atoms with Gasteiger partial charge in [0.15, 0.2) is 9.84 Å². The van der Waals surface area contributed by atoms with Crippen LogP contribution in [0.5, 0.6) is 0 Å². The number of amides is 1. The Kier molecular flexibility index (Phi) is 4.02. The highest BCUT2D eigenvalue weighted by Crippen LogP contribution is 2.17. The zero-order valence-electron chi connectivity index (χ0n) is 12.1. The van der Waals surface area contributed by atoms with Gasteiger partial charge in [0.05, 0.1) is 11.5 Å². The Balaban J connectivity index is 1.64. The number of nitrogens with zero attached hydrogens (tertiary/aromatic N) is 1. The van der Waals surface area contributed by atoms with E-state index in [9.17, 15) is 13.2 Å². The number of sulfone groups is 1. The monoisotopic (exact) mass is 318 g/mol. The molecule has 1 aliphatic heterocycles. The zero-order chi connectivity index (χ0) is 15.6. The molecule has 2 aromatic rings. The van der Waals surface area contributed by atoms with E-state index in [-0.39, 0.29) is 23.3 Å². The maximum Gasteiger partial charge on any atom is 0.251 e. The average Bonchev–Trinajstić information content (AvgIpc) is 3.14. The van der Waals surface area contributed by atoms with E-state index >= 15 is 0 Å². The van der Waals surface area contributed by atoms with Crippen molar-refractivity contribution in [3.8, 4) is 5.69 Å². The first-order chi connectivity index (χ1) is 10.5. The van der Waals surface area contributed by atoms with Crippen LogP contribution in [-0.2, 0) is 9.84 Å². The van der Waals surface area contributed by atoms with Crippen molar-refractivity contribution in [1.29, 1.82) is 0 Å². The minimum absolute atomic E-state index is 0.0292. The number of benzene rings is 1. The summed E-state index contributed by atoms with van der Waals surface area (Å²) in [4.78, 5) is 12.2. The molecule has 6 heteroatoms. The molecule has 0 spiro atoms. The molecule has 116 valence electrons. The summed E-state index contributed by atoms with van der Waals surface area (Å²) < 4.78 is 24.8.